The van der Waals surface area contributed by atoms with Crippen LogP contribution in [-0.4, -0.2) is 31.0 Å². The van der Waals surface area contributed by atoms with Gasteiger partial charge in [0.2, 0.25) is 11.9 Å². The molecule has 2 N–H and O–H groups in total. The molecule has 0 aliphatic carbocycles. The third kappa shape index (κ3) is 5.46. The van der Waals surface area contributed by atoms with Gasteiger partial charge in [0.15, 0.2) is 5.82 Å². The number of anilines is 3. The second-order valence-electron chi connectivity index (χ2n) is 7.80. The van der Waals surface area contributed by atoms with Gasteiger partial charge in [-0.25, -0.2) is 4.98 Å². The van der Waals surface area contributed by atoms with Gasteiger partial charge in [0, 0.05) is 17.9 Å². The maximum Gasteiger partial charge on any atom is 0.433 e. The molecule has 3 aromatic rings. The van der Waals surface area contributed by atoms with E-state index < -0.39 is 17.3 Å². The van der Waals surface area contributed by atoms with Crippen molar-refractivity contribution < 1.29 is 13.2 Å². The first kappa shape index (κ1) is 22.9. The quantitative estimate of drug-likeness (QED) is 0.564. The molecule has 3 rings (SSSR count). The lowest BCUT2D eigenvalue weighted by atomic mass is 9.91. The van der Waals surface area contributed by atoms with Crippen LogP contribution < -0.4 is 10.6 Å². The van der Waals surface area contributed by atoms with Crippen molar-refractivity contribution in [2.24, 2.45) is 0 Å². The maximum absolute atomic E-state index is 13.1. The van der Waals surface area contributed by atoms with Crippen LogP contribution in [0.1, 0.15) is 39.1 Å². The topological polar surface area (TPSA) is 112 Å². The number of hydrogen-bond donors (Lipinski definition) is 2. The van der Waals surface area contributed by atoms with Crippen LogP contribution in [0.3, 0.4) is 0 Å². The Balaban J connectivity index is 2.03. The monoisotopic (exact) mass is 442 g/mol. The molecule has 3 heterocycles. The van der Waals surface area contributed by atoms with Crippen LogP contribution in [-0.2, 0) is 11.6 Å². The smallest absolute Gasteiger partial charge is 0.352 e. The number of aromatic nitrogens is 5. The van der Waals surface area contributed by atoms with Crippen molar-refractivity contribution in [1.82, 2.24) is 24.9 Å². The van der Waals surface area contributed by atoms with Gasteiger partial charge in [0.25, 0.3) is 0 Å². The molecule has 11 heteroatoms. The molecule has 0 bridgehead atoms. The summed E-state index contributed by atoms with van der Waals surface area (Å²) < 4.78 is 39.3. The van der Waals surface area contributed by atoms with Gasteiger partial charge in [-0.15, -0.1) is 0 Å². The zero-order valence-electron chi connectivity index (χ0n) is 17.9. The molecule has 0 unspecified atom stereocenters. The first-order valence-electron chi connectivity index (χ1n) is 9.70. The van der Waals surface area contributed by atoms with Gasteiger partial charge in [0.05, 0.1) is 17.2 Å². The minimum Gasteiger partial charge on any atom is -0.352 e. The van der Waals surface area contributed by atoms with Crippen LogP contribution in [0.4, 0.5) is 30.8 Å². The molecule has 3 aromatic heterocycles. The van der Waals surface area contributed by atoms with E-state index in [1.165, 1.54) is 12.1 Å². The molecule has 0 aromatic carbocycles. The highest BCUT2D eigenvalue weighted by molar-refractivity contribution is 5.59. The number of hydrogen-bond acceptors (Lipinski definition) is 8. The molecule has 0 aliphatic heterocycles. The molecule has 0 aliphatic rings. The second kappa shape index (κ2) is 8.74. The number of nitriles is 1. The van der Waals surface area contributed by atoms with Gasteiger partial charge >= 0.3 is 6.18 Å². The van der Waals surface area contributed by atoms with E-state index in [0.29, 0.717) is 11.4 Å². The van der Waals surface area contributed by atoms with Crippen LogP contribution in [0.2, 0.25) is 0 Å². The van der Waals surface area contributed by atoms with Crippen LogP contribution in [0.15, 0.2) is 36.5 Å². The highest BCUT2D eigenvalue weighted by Crippen LogP contribution is 2.29. The summed E-state index contributed by atoms with van der Waals surface area (Å²) in [4.78, 5) is 20.7. The van der Waals surface area contributed by atoms with Gasteiger partial charge in [-0.05, 0) is 52.0 Å². The van der Waals surface area contributed by atoms with Crippen molar-refractivity contribution >= 4 is 17.6 Å². The third-order valence-electron chi connectivity index (χ3n) is 4.26. The van der Waals surface area contributed by atoms with E-state index in [0.717, 1.165) is 6.07 Å². The predicted molar refractivity (Wildman–Crippen MR) is 113 cm³/mol. The molecule has 8 nitrogen and oxygen atoms in total. The Morgan fingerprint density at radius 2 is 1.69 bits per heavy atom. The van der Waals surface area contributed by atoms with Crippen molar-refractivity contribution in [2.45, 2.75) is 45.3 Å². The lowest BCUT2D eigenvalue weighted by Crippen LogP contribution is -2.16. The summed E-state index contributed by atoms with van der Waals surface area (Å²) >= 11 is 0. The normalized spacial score (nSPS) is 11.8. The van der Waals surface area contributed by atoms with E-state index in [2.05, 4.69) is 41.6 Å². The summed E-state index contributed by atoms with van der Waals surface area (Å²) in [6, 6.07) is 9.03. The van der Waals surface area contributed by atoms with Crippen molar-refractivity contribution in [3.05, 3.63) is 47.9 Å². The molecule has 0 amide bonds. The van der Waals surface area contributed by atoms with Gasteiger partial charge < -0.3 is 10.6 Å². The fraction of sp³-hybridized carbons (Fsp3) is 0.333. The highest BCUT2D eigenvalue weighted by Gasteiger charge is 2.32. The zero-order valence-corrected chi connectivity index (χ0v) is 17.9. The van der Waals surface area contributed by atoms with Crippen molar-refractivity contribution in [3.8, 4) is 17.6 Å². The summed E-state index contributed by atoms with van der Waals surface area (Å²) in [5.41, 5.74) is -0.796. The minimum atomic E-state index is -4.59. The van der Waals surface area contributed by atoms with Gasteiger partial charge in [-0.1, -0.05) is 6.07 Å². The van der Waals surface area contributed by atoms with E-state index >= 15 is 0 Å². The number of pyridine rings is 2. The number of halogens is 3. The Morgan fingerprint density at radius 3 is 2.34 bits per heavy atom. The summed E-state index contributed by atoms with van der Waals surface area (Å²) in [5, 5.41) is 15.4. The Bertz CT molecular complexity index is 1150. The average Bonchev–Trinajstić information content (AvgIpc) is 2.73. The number of nitrogens with one attached hydrogen (secondary N) is 2. The lowest BCUT2D eigenvalue weighted by molar-refractivity contribution is -0.141. The Hall–Kier alpha value is -3.81. The van der Waals surface area contributed by atoms with Gasteiger partial charge in [-0.2, -0.15) is 33.4 Å². The average molecular weight is 442 g/mol. The van der Waals surface area contributed by atoms with E-state index in [1.54, 1.807) is 32.2 Å². The van der Waals surface area contributed by atoms with Crippen molar-refractivity contribution in [2.75, 3.05) is 10.6 Å². The molecule has 0 saturated carbocycles. The largest absolute Gasteiger partial charge is 0.433 e. The maximum atomic E-state index is 13.1. The second-order valence-corrected chi connectivity index (χ2v) is 7.80. The van der Waals surface area contributed by atoms with Crippen molar-refractivity contribution in [3.63, 3.8) is 0 Å². The molecular weight excluding hydrogens is 421 g/mol. The minimum absolute atomic E-state index is 0.0246. The molecule has 0 saturated heterocycles. The fourth-order valence-corrected chi connectivity index (χ4v) is 2.62. The number of rotatable bonds is 6. The molecule has 32 heavy (non-hydrogen) atoms. The van der Waals surface area contributed by atoms with E-state index in [-0.39, 0.29) is 29.5 Å². The molecule has 166 valence electrons. The Kier molecular flexibility index (Phi) is 6.25. The zero-order chi connectivity index (χ0) is 23.5. The predicted octanol–water partition coefficient (Wildman–Crippen LogP) is 4.71. The highest BCUT2D eigenvalue weighted by atomic mass is 19.4. The summed E-state index contributed by atoms with van der Waals surface area (Å²) in [6.07, 6.45) is -3.05. The van der Waals surface area contributed by atoms with Crippen LogP contribution >= 0.6 is 0 Å². The van der Waals surface area contributed by atoms with Gasteiger partial charge in [-0.3, -0.25) is 4.98 Å². The SMILES string of the molecule is CC(C)Nc1nc(Nc2ccnc(C(C)(C)C#N)c2)nc(-c2cccc(C(F)(F)F)n2)n1. The molecular formula is C21H21F3N8. The van der Waals surface area contributed by atoms with Crippen LogP contribution in [0, 0.1) is 11.3 Å². The molecule has 0 spiro atoms. The van der Waals surface area contributed by atoms with Gasteiger partial charge in [0.1, 0.15) is 11.4 Å². The van der Waals surface area contributed by atoms with E-state index in [1.807, 2.05) is 13.8 Å². The van der Waals surface area contributed by atoms with Crippen molar-refractivity contribution in [1.29, 1.82) is 5.26 Å². The number of nitrogens with zero attached hydrogens (tertiary/aromatic N) is 6. The molecule has 0 fully saturated rings. The van der Waals surface area contributed by atoms with Crippen LogP contribution in [0.25, 0.3) is 11.5 Å². The lowest BCUT2D eigenvalue weighted by Gasteiger charge is -2.16. The summed E-state index contributed by atoms with van der Waals surface area (Å²) in [7, 11) is 0. The first-order chi connectivity index (χ1) is 15.0. The summed E-state index contributed by atoms with van der Waals surface area (Å²) in [6.45, 7) is 7.23. The van der Waals surface area contributed by atoms with E-state index in [9.17, 15) is 18.4 Å². The summed E-state index contributed by atoms with van der Waals surface area (Å²) in [5.74, 6) is 0.256. The third-order valence-corrected chi connectivity index (χ3v) is 4.26. The van der Waals surface area contributed by atoms with Crippen LogP contribution in [0.5, 0.6) is 0 Å². The Labute approximate surface area is 183 Å². The molecule has 0 atom stereocenters. The first-order valence-corrected chi connectivity index (χ1v) is 9.70. The Morgan fingerprint density at radius 1 is 0.969 bits per heavy atom. The molecule has 0 radical (unpaired) electrons. The standard InChI is InChI=1S/C21H21F3N8/c1-12(2)27-18-30-17(14-6-5-7-15(29-14)21(22,23)24)31-19(32-18)28-13-8-9-26-16(10-13)20(3,4)11-25/h5-10,12H,1-4H3,(H2,26,27,28,30,31,32). The number of alkyl halides is 3. The van der Waals surface area contributed by atoms with E-state index in [4.69, 9.17) is 0 Å². The fourth-order valence-electron chi connectivity index (χ4n) is 2.62.